The zero-order valence-electron chi connectivity index (χ0n) is 18.3. The van der Waals surface area contributed by atoms with E-state index < -0.39 is 5.60 Å². The number of rotatable bonds is 3. The molecule has 0 spiro atoms. The van der Waals surface area contributed by atoms with Gasteiger partial charge in [-0.1, -0.05) is 6.92 Å². The second-order valence-electron chi connectivity index (χ2n) is 9.33. The number of aryl methyl sites for hydroxylation is 1. The van der Waals surface area contributed by atoms with Gasteiger partial charge in [-0.15, -0.1) is 0 Å². The van der Waals surface area contributed by atoms with Crippen LogP contribution in [-0.2, 0) is 4.79 Å². The van der Waals surface area contributed by atoms with Crippen LogP contribution in [0.2, 0.25) is 0 Å². The Labute approximate surface area is 169 Å². The van der Waals surface area contributed by atoms with Gasteiger partial charge in [0, 0.05) is 24.7 Å². The second kappa shape index (κ2) is 7.41. The maximum absolute atomic E-state index is 13.6. The number of ether oxygens (including phenoxy) is 1. The molecule has 1 aromatic rings. The molecule has 1 aromatic carbocycles. The van der Waals surface area contributed by atoms with Gasteiger partial charge in [0.05, 0.1) is 5.69 Å². The molecule has 28 heavy (non-hydrogen) atoms. The van der Waals surface area contributed by atoms with Crippen LogP contribution in [0.4, 0.5) is 5.69 Å². The first-order valence-electron chi connectivity index (χ1n) is 10.5. The number of nitrogens with zero attached hydrogens (tertiary/aromatic N) is 2. The molecule has 0 bridgehead atoms. The highest BCUT2D eigenvalue weighted by molar-refractivity contribution is 6.04. The van der Waals surface area contributed by atoms with E-state index in [1.54, 1.807) is 25.8 Å². The van der Waals surface area contributed by atoms with Gasteiger partial charge < -0.3 is 14.5 Å². The third kappa shape index (κ3) is 3.63. The van der Waals surface area contributed by atoms with Crippen LogP contribution in [0.15, 0.2) is 12.1 Å². The Morgan fingerprint density at radius 2 is 1.82 bits per heavy atom. The van der Waals surface area contributed by atoms with Crippen molar-refractivity contribution in [3.8, 4) is 5.75 Å². The van der Waals surface area contributed by atoms with Crippen LogP contribution in [-0.4, -0.2) is 41.4 Å². The number of fused-ring (bicyclic) bond motifs is 1. The first kappa shape index (κ1) is 20.7. The Bertz CT molecular complexity index is 776. The molecule has 2 amide bonds. The maximum Gasteiger partial charge on any atom is 0.270 e. The van der Waals surface area contributed by atoms with Crippen molar-refractivity contribution in [2.24, 2.45) is 5.92 Å². The Morgan fingerprint density at radius 1 is 1.21 bits per heavy atom. The normalized spacial score (nSPS) is 24.0. The quantitative estimate of drug-likeness (QED) is 0.765. The monoisotopic (exact) mass is 386 g/mol. The highest BCUT2D eigenvalue weighted by Crippen LogP contribution is 2.39. The molecule has 3 rings (SSSR count). The minimum atomic E-state index is -0.900. The number of carbonyl (C=O) groups is 2. The number of amides is 2. The Hall–Kier alpha value is -2.04. The van der Waals surface area contributed by atoms with Crippen molar-refractivity contribution < 1.29 is 14.3 Å². The van der Waals surface area contributed by atoms with Crippen LogP contribution < -0.4 is 9.64 Å². The molecule has 1 fully saturated rings. The molecule has 154 valence electrons. The Morgan fingerprint density at radius 3 is 2.39 bits per heavy atom. The third-order valence-electron chi connectivity index (χ3n) is 6.25. The SMILES string of the molecule is Cc1cc2c(cc1C(=O)N(C(C)C)C1CCC(C)CC1)N(C)C(=O)C(C)(C)O2. The summed E-state index contributed by atoms with van der Waals surface area (Å²) < 4.78 is 5.94. The molecule has 2 aliphatic rings. The van der Waals surface area contributed by atoms with Gasteiger partial charge in [0.15, 0.2) is 5.60 Å². The van der Waals surface area contributed by atoms with Crippen LogP contribution >= 0.6 is 0 Å². The van der Waals surface area contributed by atoms with Crippen LogP contribution in [0.1, 0.15) is 76.2 Å². The van der Waals surface area contributed by atoms with Crippen molar-refractivity contribution in [3.63, 3.8) is 0 Å². The van der Waals surface area contributed by atoms with Gasteiger partial charge in [-0.2, -0.15) is 0 Å². The van der Waals surface area contributed by atoms with E-state index in [0.29, 0.717) is 17.0 Å². The lowest BCUT2D eigenvalue weighted by Gasteiger charge is -2.40. The minimum Gasteiger partial charge on any atom is -0.476 e. The number of carbonyl (C=O) groups excluding carboxylic acids is 2. The molecule has 1 heterocycles. The molecular formula is C23H34N2O3. The lowest BCUT2D eigenvalue weighted by atomic mass is 9.85. The highest BCUT2D eigenvalue weighted by Gasteiger charge is 2.40. The molecule has 0 N–H and O–H groups in total. The fourth-order valence-corrected chi connectivity index (χ4v) is 4.56. The standard InChI is InChI=1S/C23H34N2O3/c1-14(2)25(17-10-8-15(3)9-11-17)21(26)18-13-19-20(12-16(18)4)28-23(5,6)22(27)24(19)7/h12-15,17H,8-11H2,1-7H3. The summed E-state index contributed by atoms with van der Waals surface area (Å²) in [6, 6.07) is 4.15. The van der Waals surface area contributed by atoms with E-state index >= 15 is 0 Å². The summed E-state index contributed by atoms with van der Waals surface area (Å²) in [5.74, 6) is 1.35. The number of hydrogen-bond donors (Lipinski definition) is 0. The summed E-state index contributed by atoms with van der Waals surface area (Å²) in [6.45, 7) is 12.0. The molecule has 0 radical (unpaired) electrons. The van der Waals surface area contributed by atoms with Crippen molar-refractivity contribution >= 4 is 17.5 Å². The molecule has 0 saturated heterocycles. The molecular weight excluding hydrogens is 352 g/mol. The number of likely N-dealkylation sites (N-methyl/N-ethyl adjacent to an activating group) is 1. The van der Waals surface area contributed by atoms with Crippen molar-refractivity contribution in [1.29, 1.82) is 0 Å². The van der Waals surface area contributed by atoms with E-state index in [-0.39, 0.29) is 23.9 Å². The topological polar surface area (TPSA) is 49.9 Å². The average Bonchev–Trinajstić information content (AvgIpc) is 2.60. The Balaban J connectivity index is 1.96. The van der Waals surface area contributed by atoms with E-state index in [0.717, 1.165) is 24.3 Å². The van der Waals surface area contributed by atoms with Gasteiger partial charge in [0.2, 0.25) is 0 Å². The van der Waals surface area contributed by atoms with Crippen LogP contribution in [0.3, 0.4) is 0 Å². The largest absolute Gasteiger partial charge is 0.476 e. The van der Waals surface area contributed by atoms with Gasteiger partial charge >= 0.3 is 0 Å². The first-order valence-corrected chi connectivity index (χ1v) is 10.5. The van der Waals surface area contributed by atoms with Gasteiger partial charge in [-0.3, -0.25) is 9.59 Å². The average molecular weight is 387 g/mol. The predicted molar refractivity (Wildman–Crippen MR) is 112 cm³/mol. The van der Waals surface area contributed by atoms with Gasteiger partial charge in [-0.25, -0.2) is 0 Å². The van der Waals surface area contributed by atoms with Gasteiger partial charge in [0.25, 0.3) is 11.8 Å². The summed E-state index contributed by atoms with van der Waals surface area (Å²) in [4.78, 5) is 29.8. The molecule has 1 aliphatic carbocycles. The van der Waals surface area contributed by atoms with Crippen LogP contribution in [0.25, 0.3) is 0 Å². The third-order valence-corrected chi connectivity index (χ3v) is 6.25. The van der Waals surface area contributed by atoms with E-state index in [1.807, 2.05) is 19.1 Å². The lowest BCUT2D eigenvalue weighted by molar-refractivity contribution is -0.132. The minimum absolute atomic E-state index is 0.0561. The summed E-state index contributed by atoms with van der Waals surface area (Å²) >= 11 is 0. The second-order valence-corrected chi connectivity index (χ2v) is 9.33. The van der Waals surface area contributed by atoms with Crippen molar-refractivity contribution in [1.82, 2.24) is 4.90 Å². The van der Waals surface area contributed by atoms with Crippen molar-refractivity contribution in [2.75, 3.05) is 11.9 Å². The number of hydrogen-bond acceptors (Lipinski definition) is 3. The zero-order chi connectivity index (χ0) is 20.8. The number of anilines is 1. The summed E-state index contributed by atoms with van der Waals surface area (Å²) in [5, 5.41) is 0. The molecule has 0 atom stereocenters. The zero-order valence-corrected chi connectivity index (χ0v) is 18.3. The van der Waals surface area contributed by atoms with E-state index in [2.05, 4.69) is 25.7 Å². The molecule has 5 nitrogen and oxygen atoms in total. The smallest absolute Gasteiger partial charge is 0.270 e. The fourth-order valence-electron chi connectivity index (χ4n) is 4.56. The van der Waals surface area contributed by atoms with E-state index in [9.17, 15) is 9.59 Å². The van der Waals surface area contributed by atoms with Gasteiger partial charge in [0.1, 0.15) is 5.75 Å². The van der Waals surface area contributed by atoms with Crippen LogP contribution in [0, 0.1) is 12.8 Å². The predicted octanol–water partition coefficient (Wildman–Crippen LogP) is 4.56. The molecule has 5 heteroatoms. The van der Waals surface area contributed by atoms with E-state index in [4.69, 9.17) is 4.74 Å². The summed E-state index contributed by atoms with van der Waals surface area (Å²) in [6.07, 6.45) is 4.46. The van der Waals surface area contributed by atoms with Crippen molar-refractivity contribution in [3.05, 3.63) is 23.3 Å². The maximum atomic E-state index is 13.6. The Kier molecular flexibility index (Phi) is 5.48. The number of benzene rings is 1. The molecule has 1 aliphatic heterocycles. The van der Waals surface area contributed by atoms with E-state index in [1.165, 1.54) is 12.8 Å². The highest BCUT2D eigenvalue weighted by atomic mass is 16.5. The van der Waals surface area contributed by atoms with Crippen LogP contribution in [0.5, 0.6) is 5.75 Å². The molecule has 1 saturated carbocycles. The lowest BCUT2D eigenvalue weighted by Crippen LogP contribution is -2.51. The van der Waals surface area contributed by atoms with Crippen molar-refractivity contribution in [2.45, 2.75) is 84.9 Å². The fraction of sp³-hybridized carbons (Fsp3) is 0.652. The molecule has 0 unspecified atom stereocenters. The summed E-state index contributed by atoms with van der Waals surface area (Å²) in [5.41, 5.74) is 1.31. The van der Waals surface area contributed by atoms with Gasteiger partial charge in [-0.05, 0) is 83.9 Å². The summed E-state index contributed by atoms with van der Waals surface area (Å²) in [7, 11) is 1.75. The first-order chi connectivity index (χ1) is 13.0. The molecule has 0 aromatic heterocycles.